The minimum absolute atomic E-state index is 0.218. The van der Waals surface area contributed by atoms with Crippen LogP contribution in [0.5, 0.6) is 0 Å². The number of esters is 2. The Labute approximate surface area is 124 Å². The summed E-state index contributed by atoms with van der Waals surface area (Å²) in [6.45, 7) is 0. The van der Waals surface area contributed by atoms with Crippen molar-refractivity contribution in [3.8, 4) is 0 Å². The Kier molecular flexibility index (Phi) is 7.39. The third-order valence-electron chi connectivity index (χ3n) is 1.73. The van der Waals surface area contributed by atoms with E-state index in [0.29, 0.717) is 0 Å². The van der Waals surface area contributed by atoms with Crippen LogP contribution in [0, 0.1) is 0 Å². The molecule has 0 aliphatic rings. The van der Waals surface area contributed by atoms with E-state index < -0.39 is 0 Å². The summed E-state index contributed by atoms with van der Waals surface area (Å²) < 4.78 is 12.0. The third kappa shape index (κ3) is 5.89. The first-order valence-corrected chi connectivity index (χ1v) is 9.60. The molecule has 0 bridgehead atoms. The molecular formula is C12H12O4Te2. The molecule has 0 amide bonds. The molecule has 6 heteroatoms. The Morgan fingerprint density at radius 3 is 1.61 bits per heavy atom. The standard InChI is InChI=1S/C12H12O4Te2/c1-15-9(13)5-3-7-11-17-12(18-11)8-4-6-10(14)16-2/h3-8H,1-2H3/b5-3+,6-4+,11-7?,12-8?. The molecule has 0 aliphatic carbocycles. The molecule has 0 fully saturated rings. The van der Waals surface area contributed by atoms with Gasteiger partial charge in [-0.3, -0.25) is 0 Å². The molecule has 1 heterocycles. The zero-order valence-electron chi connectivity index (χ0n) is 9.91. The van der Waals surface area contributed by atoms with Crippen LogP contribution in [0.15, 0.2) is 24.3 Å². The molecule has 0 saturated heterocycles. The Bertz CT molecular complexity index is 509. The molecule has 1 aromatic heterocycles. The minimum atomic E-state index is -0.329. The second-order valence-corrected chi connectivity index (χ2v) is 14.1. The second-order valence-electron chi connectivity index (χ2n) is 2.94. The van der Waals surface area contributed by atoms with Gasteiger partial charge in [-0.25, -0.2) is 0 Å². The molecule has 0 aliphatic heterocycles. The van der Waals surface area contributed by atoms with E-state index in [4.69, 9.17) is 0 Å². The summed E-state index contributed by atoms with van der Waals surface area (Å²) >= 11 is -0.435. The molecule has 0 spiro atoms. The maximum atomic E-state index is 10.8. The molecule has 96 valence electrons. The van der Waals surface area contributed by atoms with Crippen LogP contribution in [-0.2, 0) is 19.1 Å². The molecule has 1 rings (SSSR count). The number of ether oxygens (including phenoxy) is 2. The first-order chi connectivity index (χ1) is 8.65. The van der Waals surface area contributed by atoms with Crippen LogP contribution in [0.3, 0.4) is 0 Å². The van der Waals surface area contributed by atoms with E-state index >= 15 is 0 Å². The van der Waals surface area contributed by atoms with Crippen LogP contribution in [0.2, 0.25) is 0 Å². The van der Waals surface area contributed by atoms with Crippen molar-refractivity contribution in [2.45, 2.75) is 0 Å². The van der Waals surface area contributed by atoms with Crippen molar-refractivity contribution < 1.29 is 19.1 Å². The predicted octanol–water partition coefficient (Wildman–Crippen LogP) is -1.18. The van der Waals surface area contributed by atoms with Crippen molar-refractivity contribution >= 4 is 65.0 Å². The number of allylic oxidation sites excluding steroid dienone is 2. The van der Waals surface area contributed by atoms with Crippen LogP contribution in [0.1, 0.15) is 0 Å². The van der Waals surface area contributed by atoms with E-state index in [0.717, 1.165) is 0 Å². The maximum absolute atomic E-state index is 10.8. The summed E-state index contributed by atoms with van der Waals surface area (Å²) in [6, 6.07) is 0. The molecule has 4 nitrogen and oxygen atoms in total. The molecule has 18 heavy (non-hydrogen) atoms. The van der Waals surface area contributed by atoms with Gasteiger partial charge in [0.25, 0.3) is 0 Å². The molecule has 0 radical (unpaired) electrons. The number of methoxy groups -OCH3 is 2. The van der Waals surface area contributed by atoms with Gasteiger partial charge in [0.15, 0.2) is 0 Å². The van der Waals surface area contributed by atoms with Crippen molar-refractivity contribution in [3.63, 3.8) is 0 Å². The third-order valence-corrected chi connectivity index (χ3v) is 12.0. The van der Waals surface area contributed by atoms with Gasteiger partial charge in [0.2, 0.25) is 0 Å². The average molecular weight is 475 g/mol. The molecule has 0 atom stereocenters. The summed E-state index contributed by atoms with van der Waals surface area (Å²) in [6.07, 6.45) is 10.4. The van der Waals surface area contributed by atoms with Crippen molar-refractivity contribution in [1.82, 2.24) is 0 Å². The molecule has 1 aromatic rings. The van der Waals surface area contributed by atoms with Crippen LogP contribution in [0.4, 0.5) is 0 Å². The van der Waals surface area contributed by atoms with Gasteiger partial charge in [0, 0.05) is 0 Å². The fourth-order valence-corrected chi connectivity index (χ4v) is 9.02. The second kappa shape index (κ2) is 8.56. The number of hydrogen-bond acceptors (Lipinski definition) is 4. The van der Waals surface area contributed by atoms with E-state index in [2.05, 4.69) is 9.47 Å². The predicted molar refractivity (Wildman–Crippen MR) is 70.8 cm³/mol. The summed E-state index contributed by atoms with van der Waals surface area (Å²) in [7, 11) is 2.72. The number of hydrogen-bond donors (Lipinski definition) is 0. The van der Waals surface area contributed by atoms with E-state index in [9.17, 15) is 9.59 Å². The SMILES string of the molecule is COC(=O)/C=C/C=c1[te]c(=C/C=C/C(=O)OC)[te]1. The average Bonchev–Trinajstić information content (AvgIpc) is 2.33. The number of rotatable bonds is 4. The summed E-state index contributed by atoms with van der Waals surface area (Å²) in [5.74, 6) is -0.659. The van der Waals surface area contributed by atoms with Gasteiger partial charge in [-0.15, -0.1) is 0 Å². The van der Waals surface area contributed by atoms with Gasteiger partial charge in [0.1, 0.15) is 0 Å². The zero-order chi connectivity index (χ0) is 13.4. The molecular weight excluding hydrogens is 463 g/mol. The van der Waals surface area contributed by atoms with Gasteiger partial charge in [-0.05, 0) is 0 Å². The topological polar surface area (TPSA) is 52.6 Å². The molecule has 0 saturated carbocycles. The zero-order valence-corrected chi connectivity index (χ0v) is 14.6. The Balaban J connectivity index is 2.58. The van der Waals surface area contributed by atoms with E-state index in [1.165, 1.54) is 28.9 Å². The monoisotopic (exact) mass is 480 g/mol. The van der Waals surface area contributed by atoms with Gasteiger partial charge in [-0.2, -0.15) is 0 Å². The van der Waals surface area contributed by atoms with Gasteiger partial charge in [-0.1, -0.05) is 0 Å². The van der Waals surface area contributed by atoms with Crippen molar-refractivity contribution in [3.05, 3.63) is 26.8 Å². The van der Waals surface area contributed by atoms with Crippen molar-refractivity contribution in [1.29, 1.82) is 0 Å². The van der Waals surface area contributed by atoms with Crippen LogP contribution in [0.25, 0.3) is 12.2 Å². The quantitative estimate of drug-likeness (QED) is 0.313. The number of carbonyl (C=O) groups is 2. The first-order valence-electron chi connectivity index (χ1n) is 4.94. The Morgan fingerprint density at radius 1 is 0.889 bits per heavy atom. The molecule has 0 aromatic carbocycles. The molecule has 0 N–H and O–H groups in total. The molecule has 0 unspecified atom stereocenters. The van der Waals surface area contributed by atoms with Crippen molar-refractivity contribution in [2.75, 3.05) is 14.2 Å². The van der Waals surface area contributed by atoms with Crippen LogP contribution >= 0.6 is 0 Å². The van der Waals surface area contributed by atoms with E-state index in [1.807, 2.05) is 12.2 Å². The summed E-state index contributed by atoms with van der Waals surface area (Å²) in [4.78, 5) is 21.6. The van der Waals surface area contributed by atoms with Crippen LogP contribution in [-0.4, -0.2) is 67.0 Å². The summed E-state index contributed by atoms with van der Waals surface area (Å²) in [5.41, 5.74) is 0. The normalized spacial score (nSPS) is 10.8. The fraction of sp³-hybridized carbons (Fsp3) is 0.167. The number of carbonyl (C=O) groups excluding carboxylic acids is 2. The van der Waals surface area contributed by atoms with Gasteiger partial charge in [0.05, 0.1) is 0 Å². The van der Waals surface area contributed by atoms with Gasteiger partial charge >= 0.3 is 125 Å². The summed E-state index contributed by atoms with van der Waals surface area (Å²) in [5, 5.41) is 0. The van der Waals surface area contributed by atoms with Gasteiger partial charge < -0.3 is 0 Å². The van der Waals surface area contributed by atoms with Crippen LogP contribution < -0.4 is 2.50 Å². The van der Waals surface area contributed by atoms with E-state index in [1.54, 1.807) is 12.2 Å². The fourth-order valence-electron chi connectivity index (χ4n) is 0.889. The Hall–Kier alpha value is -0.521. The first kappa shape index (κ1) is 15.5. The van der Waals surface area contributed by atoms with Crippen molar-refractivity contribution in [2.24, 2.45) is 0 Å². The Morgan fingerprint density at radius 2 is 1.28 bits per heavy atom. The van der Waals surface area contributed by atoms with E-state index in [-0.39, 0.29) is 52.8 Å².